The monoisotopic (exact) mass is 312 g/mol. The number of rotatable bonds is 3. The maximum absolute atomic E-state index is 12.4. The molecule has 0 aliphatic carbocycles. The van der Waals surface area contributed by atoms with Gasteiger partial charge in [-0.05, 0) is 18.2 Å². The molecule has 1 aliphatic rings. The van der Waals surface area contributed by atoms with E-state index in [0.29, 0.717) is 31.2 Å². The lowest BCUT2D eigenvalue weighted by Crippen LogP contribution is -2.48. The van der Waals surface area contributed by atoms with Crippen LogP contribution in [0.2, 0.25) is 5.02 Å². The maximum Gasteiger partial charge on any atom is 0.251 e. The zero-order valence-electron chi connectivity index (χ0n) is 11.3. The zero-order valence-corrected chi connectivity index (χ0v) is 12.1. The number of alkyl halides is 2. The van der Waals surface area contributed by atoms with Crippen LogP contribution in [0.3, 0.4) is 0 Å². The Morgan fingerprint density at radius 3 is 2.62 bits per heavy atom. The van der Waals surface area contributed by atoms with Gasteiger partial charge in [0.1, 0.15) is 12.1 Å². The Labute approximate surface area is 126 Å². The van der Waals surface area contributed by atoms with Gasteiger partial charge in [0, 0.05) is 36.6 Å². The fourth-order valence-corrected chi connectivity index (χ4v) is 2.77. The average Bonchev–Trinajstić information content (AvgIpc) is 2.46. The van der Waals surface area contributed by atoms with Crippen molar-refractivity contribution >= 4 is 28.3 Å². The van der Waals surface area contributed by atoms with Crippen molar-refractivity contribution in [1.82, 2.24) is 14.9 Å². The van der Waals surface area contributed by atoms with Crippen LogP contribution in [0.1, 0.15) is 0 Å². The van der Waals surface area contributed by atoms with Gasteiger partial charge in [0.15, 0.2) is 0 Å². The summed E-state index contributed by atoms with van der Waals surface area (Å²) in [6.45, 7) is 2.43. The predicted octanol–water partition coefficient (Wildman–Crippen LogP) is 2.67. The Kier molecular flexibility index (Phi) is 4.17. The molecule has 0 amide bonds. The van der Waals surface area contributed by atoms with Gasteiger partial charge < -0.3 is 4.90 Å². The molecular formula is C14H15ClF2N4. The molecule has 0 saturated carbocycles. The first-order valence-corrected chi connectivity index (χ1v) is 7.17. The van der Waals surface area contributed by atoms with Crippen molar-refractivity contribution in [3.63, 3.8) is 0 Å². The van der Waals surface area contributed by atoms with E-state index in [-0.39, 0.29) is 6.54 Å². The summed E-state index contributed by atoms with van der Waals surface area (Å²) in [6.07, 6.45) is -0.766. The zero-order chi connectivity index (χ0) is 14.8. The van der Waals surface area contributed by atoms with Crippen LogP contribution in [0, 0.1) is 0 Å². The standard InChI is InChI=1S/C14H15ClF2N4/c15-10-1-2-11-12(7-10)18-9-19-14(11)21-5-3-20(4-6-21)8-13(16)17/h1-2,7,9,13H,3-6,8H2. The first-order chi connectivity index (χ1) is 10.1. The largest absolute Gasteiger partial charge is 0.353 e. The number of nitrogens with zero attached hydrogens (tertiary/aromatic N) is 4. The molecule has 1 saturated heterocycles. The molecule has 2 heterocycles. The van der Waals surface area contributed by atoms with Crippen molar-refractivity contribution in [2.45, 2.75) is 6.43 Å². The molecule has 0 spiro atoms. The Bertz CT molecular complexity index is 629. The summed E-state index contributed by atoms with van der Waals surface area (Å²) in [4.78, 5) is 12.5. The Hall–Kier alpha value is -1.53. The van der Waals surface area contributed by atoms with Crippen molar-refractivity contribution in [3.05, 3.63) is 29.5 Å². The quantitative estimate of drug-likeness (QED) is 0.872. The smallest absolute Gasteiger partial charge is 0.251 e. The van der Waals surface area contributed by atoms with E-state index in [1.807, 2.05) is 12.1 Å². The van der Waals surface area contributed by atoms with E-state index >= 15 is 0 Å². The topological polar surface area (TPSA) is 32.3 Å². The molecular weight excluding hydrogens is 298 g/mol. The predicted molar refractivity (Wildman–Crippen MR) is 79.2 cm³/mol. The summed E-state index contributed by atoms with van der Waals surface area (Å²) in [5, 5.41) is 1.57. The van der Waals surface area contributed by atoms with Gasteiger partial charge in [-0.1, -0.05) is 11.6 Å². The molecule has 1 aromatic heterocycles. The molecule has 0 N–H and O–H groups in total. The number of fused-ring (bicyclic) bond motifs is 1. The molecule has 0 unspecified atom stereocenters. The molecule has 1 fully saturated rings. The van der Waals surface area contributed by atoms with Crippen LogP contribution < -0.4 is 4.90 Å². The summed E-state index contributed by atoms with van der Waals surface area (Å²) < 4.78 is 24.8. The van der Waals surface area contributed by atoms with Crippen molar-refractivity contribution in [2.24, 2.45) is 0 Å². The summed E-state index contributed by atoms with van der Waals surface area (Å²) in [5.41, 5.74) is 0.794. The highest BCUT2D eigenvalue weighted by atomic mass is 35.5. The van der Waals surface area contributed by atoms with Gasteiger partial charge in [-0.15, -0.1) is 0 Å². The van der Waals surface area contributed by atoms with Crippen molar-refractivity contribution in [3.8, 4) is 0 Å². The van der Waals surface area contributed by atoms with Gasteiger partial charge in [-0.25, -0.2) is 18.7 Å². The fraction of sp³-hybridized carbons (Fsp3) is 0.429. The molecule has 0 radical (unpaired) electrons. The number of benzene rings is 1. The summed E-state index contributed by atoms with van der Waals surface area (Å²) in [7, 11) is 0. The SMILES string of the molecule is FC(F)CN1CCN(c2ncnc3cc(Cl)ccc23)CC1. The van der Waals surface area contributed by atoms with Crippen LogP contribution in [-0.2, 0) is 0 Å². The molecule has 112 valence electrons. The van der Waals surface area contributed by atoms with E-state index in [9.17, 15) is 8.78 Å². The third kappa shape index (κ3) is 3.22. The third-order valence-corrected chi connectivity index (χ3v) is 3.88. The first-order valence-electron chi connectivity index (χ1n) is 6.79. The van der Waals surface area contributed by atoms with E-state index in [1.165, 1.54) is 6.33 Å². The number of aromatic nitrogens is 2. The lowest BCUT2D eigenvalue weighted by molar-refractivity contribution is 0.0854. The Balaban J connectivity index is 1.79. The average molecular weight is 313 g/mol. The minimum absolute atomic E-state index is 0.159. The molecule has 7 heteroatoms. The van der Waals surface area contributed by atoms with Gasteiger partial charge in [0.2, 0.25) is 0 Å². The second-order valence-electron chi connectivity index (χ2n) is 5.04. The van der Waals surface area contributed by atoms with E-state index in [1.54, 1.807) is 11.0 Å². The van der Waals surface area contributed by atoms with E-state index in [2.05, 4.69) is 14.9 Å². The highest BCUT2D eigenvalue weighted by Crippen LogP contribution is 2.26. The number of hydrogen-bond donors (Lipinski definition) is 0. The van der Waals surface area contributed by atoms with Gasteiger partial charge in [-0.3, -0.25) is 4.90 Å². The van der Waals surface area contributed by atoms with Crippen LogP contribution in [0.4, 0.5) is 14.6 Å². The normalized spacial score (nSPS) is 16.9. The molecule has 0 bridgehead atoms. The molecule has 21 heavy (non-hydrogen) atoms. The number of piperazine rings is 1. The van der Waals surface area contributed by atoms with Crippen LogP contribution in [-0.4, -0.2) is 54.0 Å². The number of anilines is 1. The van der Waals surface area contributed by atoms with Crippen LogP contribution >= 0.6 is 11.6 Å². The van der Waals surface area contributed by atoms with Crippen molar-refractivity contribution in [2.75, 3.05) is 37.6 Å². The Morgan fingerprint density at radius 1 is 1.14 bits per heavy atom. The molecule has 1 aromatic carbocycles. The first kappa shape index (κ1) is 14.4. The molecule has 4 nitrogen and oxygen atoms in total. The number of hydrogen-bond acceptors (Lipinski definition) is 4. The van der Waals surface area contributed by atoms with Crippen LogP contribution in [0.5, 0.6) is 0 Å². The summed E-state index contributed by atoms with van der Waals surface area (Å²) >= 11 is 5.97. The van der Waals surface area contributed by atoms with E-state index in [4.69, 9.17) is 11.6 Å². The Morgan fingerprint density at radius 2 is 1.90 bits per heavy atom. The number of halogens is 3. The van der Waals surface area contributed by atoms with Gasteiger partial charge in [0.05, 0.1) is 12.1 Å². The molecule has 0 atom stereocenters. The van der Waals surface area contributed by atoms with E-state index < -0.39 is 6.43 Å². The van der Waals surface area contributed by atoms with Crippen molar-refractivity contribution < 1.29 is 8.78 Å². The minimum Gasteiger partial charge on any atom is -0.353 e. The highest BCUT2D eigenvalue weighted by Gasteiger charge is 2.21. The van der Waals surface area contributed by atoms with Gasteiger partial charge >= 0.3 is 0 Å². The molecule has 2 aromatic rings. The highest BCUT2D eigenvalue weighted by molar-refractivity contribution is 6.31. The molecule has 1 aliphatic heterocycles. The second-order valence-corrected chi connectivity index (χ2v) is 5.47. The maximum atomic E-state index is 12.4. The minimum atomic E-state index is -2.28. The van der Waals surface area contributed by atoms with E-state index in [0.717, 1.165) is 16.7 Å². The molecule has 3 rings (SSSR count). The summed E-state index contributed by atoms with van der Waals surface area (Å²) in [6, 6.07) is 5.51. The van der Waals surface area contributed by atoms with Crippen molar-refractivity contribution in [1.29, 1.82) is 0 Å². The summed E-state index contributed by atoms with van der Waals surface area (Å²) in [5.74, 6) is 0.841. The van der Waals surface area contributed by atoms with Gasteiger partial charge in [-0.2, -0.15) is 0 Å². The lowest BCUT2D eigenvalue weighted by atomic mass is 10.2. The third-order valence-electron chi connectivity index (χ3n) is 3.65. The van der Waals surface area contributed by atoms with Gasteiger partial charge in [0.25, 0.3) is 6.43 Å². The fourth-order valence-electron chi connectivity index (χ4n) is 2.61. The lowest BCUT2D eigenvalue weighted by Gasteiger charge is -2.35. The van der Waals surface area contributed by atoms with Crippen LogP contribution in [0.25, 0.3) is 10.9 Å². The second kappa shape index (κ2) is 6.07. The van der Waals surface area contributed by atoms with Crippen LogP contribution in [0.15, 0.2) is 24.5 Å².